The molecule has 0 unspecified atom stereocenters. The number of ketones is 1. The molecule has 3 aliphatic rings. The third kappa shape index (κ3) is 1.43. The van der Waals surface area contributed by atoms with E-state index >= 15 is 0 Å². The molecule has 1 fully saturated rings. The van der Waals surface area contributed by atoms with Crippen molar-refractivity contribution in [1.29, 1.82) is 0 Å². The minimum Gasteiger partial charge on any atom is -0.461 e. The molecule has 0 aromatic heterocycles. The summed E-state index contributed by atoms with van der Waals surface area (Å²) in [4.78, 5) is 23.8. The molecule has 0 aromatic carbocycles. The molecule has 3 heteroatoms. The van der Waals surface area contributed by atoms with Crippen molar-refractivity contribution in [1.82, 2.24) is 0 Å². The van der Waals surface area contributed by atoms with E-state index in [4.69, 9.17) is 4.74 Å². The predicted molar refractivity (Wildman–Crippen MR) is 66.7 cm³/mol. The summed E-state index contributed by atoms with van der Waals surface area (Å²) in [6.07, 6.45) is 3.44. The molecular weight excluding hydrogens is 228 g/mol. The highest BCUT2D eigenvalue weighted by Gasteiger charge is 2.50. The lowest BCUT2D eigenvalue weighted by atomic mass is 9.81. The maximum Gasteiger partial charge on any atom is 0.309 e. The van der Waals surface area contributed by atoms with Gasteiger partial charge in [0.25, 0.3) is 0 Å². The van der Waals surface area contributed by atoms with Gasteiger partial charge in [-0.15, -0.1) is 0 Å². The van der Waals surface area contributed by atoms with Crippen molar-refractivity contribution in [3.8, 4) is 0 Å². The molecular formula is C15H18O3. The maximum absolute atomic E-state index is 12.1. The Hall–Kier alpha value is -1.38. The van der Waals surface area contributed by atoms with Crippen LogP contribution in [0.2, 0.25) is 0 Å². The van der Waals surface area contributed by atoms with Gasteiger partial charge < -0.3 is 4.74 Å². The number of allylic oxidation sites excluding steroid dienone is 2. The number of hydrogen-bond donors (Lipinski definition) is 0. The van der Waals surface area contributed by atoms with Crippen LogP contribution in [0.25, 0.3) is 0 Å². The molecule has 3 rings (SSSR count). The molecule has 2 aliphatic carbocycles. The first-order valence-electron chi connectivity index (χ1n) is 6.63. The van der Waals surface area contributed by atoms with Crippen LogP contribution in [-0.2, 0) is 14.3 Å². The second-order valence-electron chi connectivity index (χ2n) is 5.82. The minimum atomic E-state index is -0.123. The molecule has 18 heavy (non-hydrogen) atoms. The summed E-state index contributed by atoms with van der Waals surface area (Å²) >= 11 is 0. The van der Waals surface area contributed by atoms with E-state index in [0.29, 0.717) is 0 Å². The molecule has 0 radical (unpaired) electrons. The Kier molecular flexibility index (Phi) is 2.47. The van der Waals surface area contributed by atoms with Gasteiger partial charge in [-0.2, -0.15) is 0 Å². The Bertz CT molecular complexity index is 498. The van der Waals surface area contributed by atoms with Gasteiger partial charge in [0, 0.05) is 17.4 Å². The monoisotopic (exact) mass is 246 g/mol. The van der Waals surface area contributed by atoms with Crippen molar-refractivity contribution in [2.75, 3.05) is 0 Å². The summed E-state index contributed by atoms with van der Waals surface area (Å²) in [5.41, 5.74) is 3.12. The summed E-state index contributed by atoms with van der Waals surface area (Å²) in [5.74, 6) is 0.246. The van der Waals surface area contributed by atoms with Crippen LogP contribution in [0.5, 0.6) is 0 Å². The van der Waals surface area contributed by atoms with Crippen molar-refractivity contribution < 1.29 is 14.3 Å². The summed E-state index contributed by atoms with van der Waals surface area (Å²) in [5, 5.41) is 0. The van der Waals surface area contributed by atoms with Gasteiger partial charge in [0.15, 0.2) is 5.78 Å². The molecule has 96 valence electrons. The van der Waals surface area contributed by atoms with E-state index in [1.807, 2.05) is 20.8 Å². The van der Waals surface area contributed by atoms with Crippen LogP contribution in [0.15, 0.2) is 22.8 Å². The lowest BCUT2D eigenvalue weighted by molar-refractivity contribution is -0.144. The van der Waals surface area contributed by atoms with Crippen LogP contribution in [0, 0.1) is 17.8 Å². The van der Waals surface area contributed by atoms with Crippen LogP contribution < -0.4 is 0 Å². The number of ether oxygens (including phenoxy) is 1. The Morgan fingerprint density at radius 3 is 2.72 bits per heavy atom. The summed E-state index contributed by atoms with van der Waals surface area (Å²) < 4.78 is 5.57. The van der Waals surface area contributed by atoms with Crippen molar-refractivity contribution in [2.24, 2.45) is 17.8 Å². The Labute approximate surface area is 107 Å². The van der Waals surface area contributed by atoms with Crippen LogP contribution in [0.1, 0.15) is 33.6 Å². The topological polar surface area (TPSA) is 43.4 Å². The molecule has 0 spiro atoms. The number of hydrogen-bond acceptors (Lipinski definition) is 3. The van der Waals surface area contributed by atoms with E-state index < -0.39 is 0 Å². The molecule has 0 saturated carbocycles. The normalized spacial score (nSPS) is 39.2. The zero-order valence-corrected chi connectivity index (χ0v) is 11.0. The fourth-order valence-corrected chi connectivity index (χ4v) is 3.69. The average molecular weight is 246 g/mol. The van der Waals surface area contributed by atoms with Crippen LogP contribution in [0.4, 0.5) is 0 Å². The Balaban J connectivity index is 2.07. The maximum atomic E-state index is 12.1. The average Bonchev–Trinajstić information content (AvgIpc) is 2.68. The van der Waals surface area contributed by atoms with Gasteiger partial charge >= 0.3 is 5.97 Å². The molecule has 3 nitrogen and oxygen atoms in total. The molecule has 0 aromatic rings. The van der Waals surface area contributed by atoms with Gasteiger partial charge in [-0.1, -0.05) is 18.1 Å². The van der Waals surface area contributed by atoms with E-state index in [-0.39, 0.29) is 35.6 Å². The molecule has 4 atom stereocenters. The fourth-order valence-electron chi connectivity index (χ4n) is 3.69. The Morgan fingerprint density at radius 1 is 1.28 bits per heavy atom. The van der Waals surface area contributed by atoms with Crippen LogP contribution >= 0.6 is 0 Å². The number of rotatable bonds is 0. The highest BCUT2D eigenvalue weighted by molar-refractivity contribution is 6.09. The summed E-state index contributed by atoms with van der Waals surface area (Å²) in [6, 6.07) is 0. The van der Waals surface area contributed by atoms with E-state index in [0.717, 1.165) is 24.0 Å². The highest BCUT2D eigenvalue weighted by atomic mass is 16.6. The SMILES string of the molecule is CC1=CC(=O)C2=C(C)CC[C@@H]3[C@H](OC(=O)[C@H]3C)[C@@H]12. The van der Waals surface area contributed by atoms with Gasteiger partial charge in [-0.25, -0.2) is 0 Å². The van der Waals surface area contributed by atoms with Gasteiger partial charge in [0.2, 0.25) is 0 Å². The quantitative estimate of drug-likeness (QED) is 0.616. The first-order chi connectivity index (χ1) is 8.50. The molecule has 0 bridgehead atoms. The predicted octanol–water partition coefficient (Wildman–Crippen LogP) is 2.42. The Morgan fingerprint density at radius 2 is 2.00 bits per heavy atom. The van der Waals surface area contributed by atoms with Gasteiger partial charge in [0.05, 0.1) is 5.92 Å². The largest absolute Gasteiger partial charge is 0.461 e. The molecule has 0 amide bonds. The van der Waals surface area contributed by atoms with Crippen molar-refractivity contribution in [3.63, 3.8) is 0 Å². The number of esters is 1. The lowest BCUT2D eigenvalue weighted by Gasteiger charge is -2.24. The van der Waals surface area contributed by atoms with E-state index in [2.05, 4.69) is 0 Å². The highest BCUT2D eigenvalue weighted by Crippen LogP contribution is 2.47. The van der Waals surface area contributed by atoms with Gasteiger partial charge in [-0.3, -0.25) is 9.59 Å². The van der Waals surface area contributed by atoms with Crippen molar-refractivity contribution in [3.05, 3.63) is 22.8 Å². The smallest absolute Gasteiger partial charge is 0.309 e. The number of fused-ring (bicyclic) bond motifs is 3. The van der Waals surface area contributed by atoms with E-state index in [1.54, 1.807) is 6.08 Å². The first kappa shape index (κ1) is 11.7. The van der Waals surface area contributed by atoms with Crippen LogP contribution in [-0.4, -0.2) is 17.9 Å². The summed E-state index contributed by atoms with van der Waals surface area (Å²) in [7, 11) is 0. The van der Waals surface area contributed by atoms with Gasteiger partial charge in [-0.05, 0) is 32.8 Å². The third-order valence-corrected chi connectivity index (χ3v) is 4.76. The molecule has 1 aliphatic heterocycles. The first-order valence-corrected chi connectivity index (χ1v) is 6.63. The second kappa shape index (κ2) is 3.81. The summed E-state index contributed by atoms with van der Waals surface area (Å²) in [6.45, 7) is 5.96. The van der Waals surface area contributed by atoms with E-state index in [1.165, 1.54) is 5.57 Å². The lowest BCUT2D eigenvalue weighted by Crippen LogP contribution is -2.28. The third-order valence-electron chi connectivity index (χ3n) is 4.76. The zero-order valence-electron chi connectivity index (χ0n) is 11.0. The van der Waals surface area contributed by atoms with Crippen LogP contribution in [0.3, 0.4) is 0 Å². The molecule has 1 saturated heterocycles. The zero-order chi connectivity index (χ0) is 13.0. The van der Waals surface area contributed by atoms with Crippen molar-refractivity contribution in [2.45, 2.75) is 39.7 Å². The number of carbonyl (C=O) groups excluding carboxylic acids is 2. The van der Waals surface area contributed by atoms with Crippen molar-refractivity contribution >= 4 is 11.8 Å². The standard InChI is InChI=1S/C15H18O3/c1-7-4-5-10-9(3)15(17)18-14(10)13-8(2)6-11(16)12(7)13/h6,9-10,13-14H,4-5H2,1-3H3/t9-,10-,13-,14-/m0/s1. The number of carbonyl (C=O) groups is 2. The minimum absolute atomic E-state index is 0.0129. The van der Waals surface area contributed by atoms with E-state index in [9.17, 15) is 9.59 Å². The molecule has 1 heterocycles. The van der Waals surface area contributed by atoms with Gasteiger partial charge in [0.1, 0.15) is 6.10 Å². The fraction of sp³-hybridized carbons (Fsp3) is 0.600. The molecule has 0 N–H and O–H groups in total. The second-order valence-corrected chi connectivity index (χ2v) is 5.82.